The summed E-state index contributed by atoms with van der Waals surface area (Å²) >= 11 is 0. The summed E-state index contributed by atoms with van der Waals surface area (Å²) < 4.78 is 5.56. The number of benzene rings is 2. The zero-order valence-electron chi connectivity index (χ0n) is 26.7. The van der Waals surface area contributed by atoms with E-state index in [0.29, 0.717) is 12.3 Å². The molecule has 3 amide bonds. The molecule has 41 heavy (non-hydrogen) atoms. The Morgan fingerprint density at radius 2 is 1.51 bits per heavy atom. The zero-order valence-corrected chi connectivity index (χ0v) is 26.7. The molecule has 226 valence electrons. The van der Waals surface area contributed by atoms with E-state index in [0.717, 1.165) is 28.7 Å². The molecule has 0 aliphatic carbocycles. The highest BCUT2D eigenvalue weighted by molar-refractivity contribution is 5.93. The summed E-state index contributed by atoms with van der Waals surface area (Å²) in [6.07, 6.45) is 1.19. The summed E-state index contributed by atoms with van der Waals surface area (Å²) in [5.74, 6) is -0.131. The summed E-state index contributed by atoms with van der Waals surface area (Å²) in [5, 5.41) is 5.91. The van der Waals surface area contributed by atoms with Crippen molar-refractivity contribution in [3.63, 3.8) is 0 Å². The second-order valence-electron chi connectivity index (χ2n) is 12.9. The predicted molar refractivity (Wildman–Crippen MR) is 166 cm³/mol. The molecule has 0 radical (unpaired) electrons. The first-order chi connectivity index (χ1) is 19.1. The van der Waals surface area contributed by atoms with E-state index in [1.54, 1.807) is 25.7 Å². The summed E-state index contributed by atoms with van der Waals surface area (Å²) in [7, 11) is 0. The van der Waals surface area contributed by atoms with Gasteiger partial charge in [-0.3, -0.25) is 9.59 Å². The molecule has 0 aromatic heterocycles. The minimum Gasteiger partial charge on any atom is -0.444 e. The normalized spacial score (nSPS) is 13.9. The van der Waals surface area contributed by atoms with Crippen LogP contribution in [0.4, 0.5) is 4.79 Å². The summed E-state index contributed by atoms with van der Waals surface area (Å²) in [4.78, 5) is 43.4. The van der Waals surface area contributed by atoms with Gasteiger partial charge >= 0.3 is 6.09 Å². The molecule has 0 bridgehead atoms. The lowest BCUT2D eigenvalue weighted by Gasteiger charge is -2.39. The number of rotatable bonds is 12. The maximum atomic E-state index is 14.7. The molecule has 0 aliphatic heterocycles. The molecule has 0 heterocycles. The Balaban J connectivity index is 2.69. The van der Waals surface area contributed by atoms with E-state index in [1.807, 2.05) is 83.1 Å². The van der Waals surface area contributed by atoms with Crippen LogP contribution in [0.5, 0.6) is 0 Å². The average Bonchev–Trinajstić information content (AvgIpc) is 2.85. The van der Waals surface area contributed by atoms with Crippen LogP contribution < -0.4 is 10.6 Å². The molecule has 2 aromatic rings. The van der Waals surface area contributed by atoms with Crippen LogP contribution in [0.1, 0.15) is 96.5 Å². The van der Waals surface area contributed by atoms with Crippen LogP contribution in [-0.2, 0) is 20.7 Å². The molecular weight excluding hydrogens is 514 g/mol. The van der Waals surface area contributed by atoms with Gasteiger partial charge in [-0.15, -0.1) is 0 Å². The third kappa shape index (κ3) is 10.9. The second kappa shape index (κ2) is 15.0. The standard InChI is InChI=1S/C34H51N3O4/c1-22(2)16-19-26(7)37(30(31(38)35-23(3)4)28-20-24(5)17-18-25(28)6)32(39)29(21-27-14-12-11-13-15-27)36-33(40)41-34(8,9)10/h11-15,17-18,20,22-23,26,29-30H,16,19,21H2,1-10H3,(H,35,38)(H,36,40). The van der Waals surface area contributed by atoms with Crippen molar-refractivity contribution >= 4 is 17.9 Å². The number of carbonyl (C=O) groups excluding carboxylic acids is 3. The van der Waals surface area contributed by atoms with Gasteiger partial charge in [0.15, 0.2) is 0 Å². The van der Waals surface area contributed by atoms with Crippen LogP contribution >= 0.6 is 0 Å². The number of nitrogens with zero attached hydrogens (tertiary/aromatic N) is 1. The number of hydrogen-bond donors (Lipinski definition) is 2. The smallest absolute Gasteiger partial charge is 0.408 e. The van der Waals surface area contributed by atoms with Crippen LogP contribution in [0.15, 0.2) is 48.5 Å². The third-order valence-electron chi connectivity index (χ3n) is 6.85. The van der Waals surface area contributed by atoms with E-state index in [4.69, 9.17) is 4.74 Å². The molecule has 2 N–H and O–H groups in total. The first kappa shape index (κ1) is 33.9. The number of hydrogen-bond acceptors (Lipinski definition) is 4. The van der Waals surface area contributed by atoms with Gasteiger partial charge < -0.3 is 20.3 Å². The van der Waals surface area contributed by atoms with Crippen molar-refractivity contribution < 1.29 is 19.1 Å². The van der Waals surface area contributed by atoms with Gasteiger partial charge in [-0.25, -0.2) is 4.79 Å². The van der Waals surface area contributed by atoms with Gasteiger partial charge in [0.2, 0.25) is 11.8 Å². The topological polar surface area (TPSA) is 87.7 Å². The molecule has 0 aliphatic rings. The molecule has 3 atom stereocenters. The number of ether oxygens (including phenoxy) is 1. The maximum Gasteiger partial charge on any atom is 0.408 e. The van der Waals surface area contributed by atoms with Crippen molar-refractivity contribution in [1.29, 1.82) is 0 Å². The van der Waals surface area contributed by atoms with E-state index in [9.17, 15) is 14.4 Å². The van der Waals surface area contributed by atoms with Gasteiger partial charge in [-0.1, -0.05) is 67.9 Å². The Hall–Kier alpha value is -3.35. The van der Waals surface area contributed by atoms with Gasteiger partial charge in [0.25, 0.3) is 0 Å². The van der Waals surface area contributed by atoms with Crippen molar-refractivity contribution in [2.45, 2.75) is 118 Å². The molecule has 2 aromatic carbocycles. The van der Waals surface area contributed by atoms with E-state index >= 15 is 0 Å². The second-order valence-corrected chi connectivity index (χ2v) is 12.9. The Labute approximate surface area is 247 Å². The van der Waals surface area contributed by atoms with Gasteiger partial charge in [0, 0.05) is 18.5 Å². The first-order valence-electron chi connectivity index (χ1n) is 14.8. The number of nitrogens with one attached hydrogen (secondary N) is 2. The maximum absolute atomic E-state index is 14.7. The van der Waals surface area contributed by atoms with Gasteiger partial charge in [-0.2, -0.15) is 0 Å². The first-order valence-corrected chi connectivity index (χ1v) is 14.8. The zero-order chi connectivity index (χ0) is 30.9. The van der Waals surface area contributed by atoms with Gasteiger partial charge in [-0.05, 0) is 90.8 Å². The van der Waals surface area contributed by atoms with Crippen molar-refractivity contribution in [2.75, 3.05) is 0 Å². The molecule has 7 nitrogen and oxygen atoms in total. The molecule has 2 rings (SSSR count). The van der Waals surface area contributed by atoms with Gasteiger partial charge in [0.05, 0.1) is 0 Å². The van der Waals surface area contributed by atoms with Crippen LogP contribution in [0.2, 0.25) is 0 Å². The van der Waals surface area contributed by atoms with E-state index in [2.05, 4.69) is 24.5 Å². The number of carbonyl (C=O) groups is 3. The lowest BCUT2D eigenvalue weighted by atomic mass is 9.92. The Morgan fingerprint density at radius 3 is 2.07 bits per heavy atom. The fourth-order valence-corrected chi connectivity index (χ4v) is 4.83. The van der Waals surface area contributed by atoms with Crippen LogP contribution in [0.25, 0.3) is 0 Å². The SMILES string of the molecule is Cc1ccc(C)c(C(C(=O)NC(C)C)N(C(=O)C(Cc2ccccc2)NC(=O)OC(C)(C)C)C(C)CCC(C)C)c1. The minimum atomic E-state index is -0.937. The van der Waals surface area contributed by atoms with Crippen LogP contribution in [0, 0.1) is 19.8 Å². The molecule has 0 spiro atoms. The van der Waals surface area contributed by atoms with Crippen LogP contribution in [-0.4, -0.2) is 46.5 Å². The third-order valence-corrected chi connectivity index (χ3v) is 6.85. The Morgan fingerprint density at radius 1 is 0.878 bits per heavy atom. The number of alkyl carbamates (subject to hydrolysis) is 1. The monoisotopic (exact) mass is 565 g/mol. The van der Waals surface area contributed by atoms with Crippen LogP contribution in [0.3, 0.4) is 0 Å². The molecule has 0 fully saturated rings. The highest BCUT2D eigenvalue weighted by Gasteiger charge is 2.39. The highest BCUT2D eigenvalue weighted by atomic mass is 16.6. The minimum absolute atomic E-state index is 0.113. The lowest BCUT2D eigenvalue weighted by Crippen LogP contribution is -2.56. The fourth-order valence-electron chi connectivity index (χ4n) is 4.83. The van der Waals surface area contributed by atoms with Crippen molar-refractivity contribution in [2.24, 2.45) is 5.92 Å². The van der Waals surface area contributed by atoms with Crippen molar-refractivity contribution in [3.8, 4) is 0 Å². The molecule has 0 saturated heterocycles. The quantitative estimate of drug-likeness (QED) is 0.301. The van der Waals surface area contributed by atoms with Crippen molar-refractivity contribution in [3.05, 3.63) is 70.8 Å². The van der Waals surface area contributed by atoms with E-state index < -0.39 is 23.8 Å². The molecule has 0 saturated carbocycles. The summed E-state index contributed by atoms with van der Waals surface area (Å²) in [5.41, 5.74) is 2.87. The molecular formula is C34H51N3O4. The summed E-state index contributed by atoms with van der Waals surface area (Å²) in [6.45, 7) is 19.4. The number of aryl methyl sites for hydroxylation is 2. The Bertz CT molecular complexity index is 1150. The summed E-state index contributed by atoms with van der Waals surface area (Å²) in [6, 6.07) is 13.4. The largest absolute Gasteiger partial charge is 0.444 e. The molecule has 7 heteroatoms. The average molecular weight is 566 g/mol. The van der Waals surface area contributed by atoms with E-state index in [1.165, 1.54) is 0 Å². The lowest BCUT2D eigenvalue weighted by molar-refractivity contribution is -0.145. The van der Waals surface area contributed by atoms with Gasteiger partial charge in [0.1, 0.15) is 17.7 Å². The van der Waals surface area contributed by atoms with Crippen molar-refractivity contribution in [1.82, 2.24) is 15.5 Å². The Kier molecular flexibility index (Phi) is 12.4. The highest BCUT2D eigenvalue weighted by Crippen LogP contribution is 2.31. The van der Waals surface area contributed by atoms with E-state index in [-0.39, 0.29) is 30.3 Å². The molecule has 3 unspecified atom stereocenters. The number of amides is 3. The fraction of sp³-hybridized carbons (Fsp3) is 0.559. The predicted octanol–water partition coefficient (Wildman–Crippen LogP) is 6.66.